The van der Waals surface area contributed by atoms with Crippen LogP contribution in [0.4, 0.5) is 0 Å². The predicted octanol–water partition coefficient (Wildman–Crippen LogP) is 4.15. The zero-order valence-electron chi connectivity index (χ0n) is 25.9. The van der Waals surface area contributed by atoms with Crippen LogP contribution in [0.3, 0.4) is 0 Å². The molecule has 1 aromatic heterocycles. The number of carbonyl (C=O) groups excluding carboxylic acids is 3. The van der Waals surface area contributed by atoms with Gasteiger partial charge in [-0.3, -0.25) is 14.4 Å². The normalized spacial score (nSPS) is 13.2. The minimum Gasteiger partial charge on any atom is -0.459 e. The van der Waals surface area contributed by atoms with E-state index in [0.717, 1.165) is 16.7 Å². The Balaban J connectivity index is 0.00000529. The number of rotatable bonds is 11. The quantitative estimate of drug-likeness (QED) is 0.134. The smallest absolute Gasteiger partial charge is 0.326 e. The lowest BCUT2D eigenvalue weighted by Gasteiger charge is -2.25. The van der Waals surface area contributed by atoms with Gasteiger partial charge >= 0.3 is 5.97 Å². The van der Waals surface area contributed by atoms with Gasteiger partial charge in [-0.2, -0.15) is 25.2 Å². The maximum absolute atomic E-state index is 13.2. The fourth-order valence-corrected chi connectivity index (χ4v) is 4.02. The number of aromatic nitrogens is 4. The van der Waals surface area contributed by atoms with Crippen LogP contribution in [0.15, 0.2) is 63.9 Å². The molecule has 3 aromatic rings. The van der Waals surface area contributed by atoms with Crippen LogP contribution in [0.5, 0.6) is 0 Å². The van der Waals surface area contributed by atoms with Gasteiger partial charge in [-0.15, -0.1) is 20.4 Å². The van der Waals surface area contributed by atoms with Crippen LogP contribution in [0.1, 0.15) is 67.8 Å². The van der Waals surface area contributed by atoms with Gasteiger partial charge in [0.25, 0.3) is 5.91 Å². The average molecular weight is 620 g/mol. The first kappa shape index (κ1) is 34.0. The van der Waals surface area contributed by atoms with Crippen molar-refractivity contribution in [2.24, 2.45) is 15.3 Å². The summed E-state index contributed by atoms with van der Waals surface area (Å²) in [5.74, 6) is -0.197. The topological polar surface area (TPSA) is 156 Å². The van der Waals surface area contributed by atoms with Gasteiger partial charge in [0.2, 0.25) is 17.4 Å². The first-order valence-electron chi connectivity index (χ1n) is 13.8. The summed E-state index contributed by atoms with van der Waals surface area (Å²) < 4.78 is 5.45. The van der Waals surface area contributed by atoms with E-state index in [-0.39, 0.29) is 47.6 Å². The van der Waals surface area contributed by atoms with Crippen LogP contribution >= 0.6 is 9.90 Å². The Morgan fingerprint density at radius 2 is 1.57 bits per heavy atom. The second-order valence-electron chi connectivity index (χ2n) is 11.3. The highest BCUT2D eigenvalue weighted by molar-refractivity contribution is 6.92. The Kier molecular flexibility index (Phi) is 11.1. The Labute approximate surface area is 259 Å². The second-order valence-corrected chi connectivity index (χ2v) is 11.3. The molecule has 44 heavy (non-hydrogen) atoms. The number of aryl methyl sites for hydroxylation is 1. The molecule has 2 heterocycles. The molecule has 0 aliphatic carbocycles. The molecule has 4 rings (SSSR count). The number of benzene rings is 2. The molecule has 1 aliphatic heterocycles. The summed E-state index contributed by atoms with van der Waals surface area (Å²) in [6, 6.07) is 14.3. The van der Waals surface area contributed by atoms with Crippen molar-refractivity contribution in [3.63, 3.8) is 0 Å². The van der Waals surface area contributed by atoms with E-state index in [2.05, 4.69) is 35.7 Å². The fourth-order valence-electron chi connectivity index (χ4n) is 4.02. The summed E-state index contributed by atoms with van der Waals surface area (Å²) in [7, 11) is 1.55. The minimum atomic E-state index is -0.686. The number of amides is 2. The van der Waals surface area contributed by atoms with Crippen molar-refractivity contribution >= 4 is 33.9 Å². The van der Waals surface area contributed by atoms with Gasteiger partial charge in [0, 0.05) is 42.9 Å². The maximum atomic E-state index is 13.2. The van der Waals surface area contributed by atoms with Crippen molar-refractivity contribution in [2.75, 3.05) is 13.6 Å². The summed E-state index contributed by atoms with van der Waals surface area (Å²) in [5, 5.41) is 29.4. The van der Waals surface area contributed by atoms with Gasteiger partial charge in [0.15, 0.2) is 5.82 Å². The molecule has 14 heteroatoms. The Hall–Kier alpha value is -4.51. The van der Waals surface area contributed by atoms with Gasteiger partial charge < -0.3 is 9.64 Å². The van der Waals surface area contributed by atoms with E-state index in [1.807, 2.05) is 43.3 Å². The fraction of sp³-hybridized carbons (Fsp3) is 0.400. The lowest BCUT2D eigenvalue weighted by Crippen LogP contribution is -2.38. The summed E-state index contributed by atoms with van der Waals surface area (Å²) in [5.41, 5.74) is 1.72. The number of hydrogen-bond donors (Lipinski definition) is 0. The zero-order chi connectivity index (χ0) is 31.2. The monoisotopic (exact) mass is 619 g/mol. The summed E-state index contributed by atoms with van der Waals surface area (Å²) in [6.45, 7) is 8.89. The predicted molar refractivity (Wildman–Crippen MR) is 169 cm³/mol. The number of carbonyl (C=O) groups is 3. The minimum absolute atomic E-state index is 0. The first-order valence-corrected chi connectivity index (χ1v) is 13.8. The third kappa shape index (κ3) is 9.50. The van der Waals surface area contributed by atoms with Crippen molar-refractivity contribution in [2.45, 2.75) is 65.3 Å². The number of hydrazone groups is 1. The highest BCUT2D eigenvalue weighted by Crippen LogP contribution is 2.38. The third-order valence-electron chi connectivity index (χ3n) is 6.37. The largest absolute Gasteiger partial charge is 0.459 e. The number of esters is 1. The van der Waals surface area contributed by atoms with E-state index in [4.69, 9.17) is 4.74 Å². The van der Waals surface area contributed by atoms with E-state index >= 15 is 0 Å². The van der Waals surface area contributed by atoms with E-state index in [1.54, 1.807) is 46.9 Å². The number of ether oxygens (including phenoxy) is 1. The summed E-state index contributed by atoms with van der Waals surface area (Å²) in [6.07, 6.45) is 1.86. The SMILES string of the molecule is Cc1nnc(-c2ccc(CN(CC(=O)OC(C)(C)C)C(=O)CC/C=N/N(C)C(=O)c3ccc(C4(C)N=N4)cc3)cc2)nn1.P. The van der Waals surface area contributed by atoms with Crippen LogP contribution in [0, 0.1) is 6.92 Å². The molecular formula is C30H38N9O4P. The Morgan fingerprint density at radius 1 is 0.955 bits per heavy atom. The molecule has 1 atom stereocenters. The lowest BCUT2D eigenvalue weighted by atomic mass is 10.0. The van der Waals surface area contributed by atoms with Crippen molar-refractivity contribution < 1.29 is 19.1 Å². The molecule has 0 N–H and O–H groups in total. The standard InChI is InChI=1S/C30H35N9O4.H3P/c1-20-32-34-27(35-33-20)22-11-9-21(10-12-22)18-39(19-26(41)43-29(2,3)4)25(40)8-7-17-31-38(6)28(42)23-13-15-24(16-14-23)30(5)36-37-30;/h9-17H,7-8,18-19H2,1-6H3;1H3/b31-17+;. The van der Waals surface area contributed by atoms with Crippen LogP contribution in [-0.2, 0) is 26.5 Å². The molecule has 0 bridgehead atoms. The summed E-state index contributed by atoms with van der Waals surface area (Å²) in [4.78, 5) is 40.0. The molecule has 1 aliphatic rings. The van der Waals surface area contributed by atoms with E-state index in [9.17, 15) is 14.4 Å². The molecule has 2 aromatic carbocycles. The third-order valence-corrected chi connectivity index (χ3v) is 6.37. The molecule has 2 amide bonds. The Morgan fingerprint density at radius 3 is 2.14 bits per heavy atom. The van der Waals surface area contributed by atoms with Crippen LogP contribution in [-0.4, -0.2) is 73.5 Å². The highest BCUT2D eigenvalue weighted by Gasteiger charge is 2.36. The number of hydrogen-bond acceptors (Lipinski definition) is 11. The van der Waals surface area contributed by atoms with E-state index < -0.39 is 17.2 Å². The van der Waals surface area contributed by atoms with Gasteiger partial charge in [-0.25, -0.2) is 5.01 Å². The molecular weight excluding hydrogens is 581 g/mol. The first-order chi connectivity index (χ1) is 20.3. The molecule has 0 saturated heterocycles. The van der Waals surface area contributed by atoms with Crippen LogP contribution in [0.25, 0.3) is 11.4 Å². The van der Waals surface area contributed by atoms with Crippen molar-refractivity contribution in [3.05, 3.63) is 71.0 Å². The van der Waals surface area contributed by atoms with Gasteiger partial charge in [0.05, 0.1) is 0 Å². The lowest BCUT2D eigenvalue weighted by molar-refractivity contribution is -0.159. The molecule has 0 saturated carbocycles. The maximum Gasteiger partial charge on any atom is 0.326 e. The highest BCUT2D eigenvalue weighted by atomic mass is 31.0. The molecule has 232 valence electrons. The van der Waals surface area contributed by atoms with Gasteiger partial charge in [-0.05, 0) is 58.7 Å². The molecule has 1 unspecified atom stereocenters. The van der Waals surface area contributed by atoms with E-state index in [1.165, 1.54) is 16.1 Å². The van der Waals surface area contributed by atoms with Gasteiger partial charge in [0.1, 0.15) is 12.1 Å². The molecule has 0 radical (unpaired) electrons. The van der Waals surface area contributed by atoms with Gasteiger partial charge in [-0.1, -0.05) is 36.4 Å². The second kappa shape index (κ2) is 14.3. The average Bonchev–Trinajstić information content (AvgIpc) is 3.72. The zero-order valence-corrected chi connectivity index (χ0v) is 27.3. The summed E-state index contributed by atoms with van der Waals surface area (Å²) >= 11 is 0. The van der Waals surface area contributed by atoms with Crippen molar-refractivity contribution in [3.8, 4) is 11.4 Å². The molecule has 0 spiro atoms. The van der Waals surface area contributed by atoms with Crippen molar-refractivity contribution in [1.29, 1.82) is 0 Å². The van der Waals surface area contributed by atoms with Crippen LogP contribution in [0.2, 0.25) is 0 Å². The number of nitrogens with zero attached hydrogens (tertiary/aromatic N) is 9. The Bertz CT molecular complexity index is 1510. The van der Waals surface area contributed by atoms with Crippen molar-refractivity contribution in [1.82, 2.24) is 30.3 Å². The van der Waals surface area contributed by atoms with Crippen LogP contribution < -0.4 is 0 Å². The molecule has 13 nitrogen and oxygen atoms in total. The molecule has 0 fully saturated rings. The van der Waals surface area contributed by atoms with E-state index in [0.29, 0.717) is 17.2 Å².